The van der Waals surface area contributed by atoms with E-state index in [1.54, 1.807) is 18.2 Å². The van der Waals surface area contributed by atoms with E-state index in [1.165, 1.54) is 31.2 Å². The molecule has 0 atom stereocenters. The van der Waals surface area contributed by atoms with Crippen molar-refractivity contribution in [3.8, 4) is 5.75 Å². The van der Waals surface area contributed by atoms with Crippen LogP contribution in [0.2, 0.25) is 0 Å². The van der Waals surface area contributed by atoms with E-state index < -0.39 is 4.92 Å². The molecule has 9 heteroatoms. The molecule has 0 radical (unpaired) electrons. The summed E-state index contributed by atoms with van der Waals surface area (Å²) in [4.78, 5) is 33.4. The van der Waals surface area contributed by atoms with Crippen molar-refractivity contribution in [3.63, 3.8) is 0 Å². The summed E-state index contributed by atoms with van der Waals surface area (Å²) in [5, 5.41) is 15.9. The number of nitro groups is 1. The van der Waals surface area contributed by atoms with E-state index in [0.29, 0.717) is 17.1 Å². The molecule has 0 saturated carbocycles. The summed E-state index contributed by atoms with van der Waals surface area (Å²) in [6.45, 7) is 1.48. The average molecular weight is 422 g/mol. The Morgan fingerprint density at radius 1 is 1.12 bits per heavy atom. The van der Waals surface area contributed by atoms with Crippen molar-refractivity contribution in [2.24, 2.45) is 0 Å². The lowest BCUT2D eigenvalue weighted by Crippen LogP contribution is -2.17. The number of benzene rings is 2. The Bertz CT molecular complexity index is 824. The number of nitro benzene ring substituents is 1. The van der Waals surface area contributed by atoms with Gasteiger partial charge in [0.2, 0.25) is 11.8 Å². The normalized spacial score (nSPS) is 10.1. The molecule has 0 fully saturated rings. The van der Waals surface area contributed by atoms with E-state index in [2.05, 4.69) is 26.6 Å². The lowest BCUT2D eigenvalue weighted by Gasteiger charge is -2.12. The zero-order valence-electron chi connectivity index (χ0n) is 13.8. The van der Waals surface area contributed by atoms with E-state index >= 15 is 0 Å². The van der Waals surface area contributed by atoms with Gasteiger partial charge in [0.1, 0.15) is 5.75 Å². The van der Waals surface area contributed by atoms with Crippen LogP contribution >= 0.6 is 15.9 Å². The Morgan fingerprint density at radius 2 is 1.81 bits per heavy atom. The number of halogens is 1. The summed E-state index contributed by atoms with van der Waals surface area (Å²) in [5.41, 5.74) is 0.926. The Kier molecular flexibility index (Phi) is 6.67. The maximum atomic E-state index is 12.1. The van der Waals surface area contributed by atoms with E-state index in [9.17, 15) is 19.7 Å². The first-order valence-corrected chi connectivity index (χ1v) is 8.38. The Balaban J connectivity index is 1.90. The Morgan fingerprint density at radius 3 is 2.42 bits per heavy atom. The zero-order chi connectivity index (χ0) is 19.1. The van der Waals surface area contributed by atoms with Gasteiger partial charge in [-0.15, -0.1) is 0 Å². The number of nitrogens with one attached hydrogen (secondary N) is 2. The number of rotatable bonds is 7. The van der Waals surface area contributed by atoms with Crippen LogP contribution < -0.4 is 15.4 Å². The zero-order valence-corrected chi connectivity index (χ0v) is 15.4. The topological polar surface area (TPSA) is 111 Å². The molecular formula is C17H16BrN3O5. The summed E-state index contributed by atoms with van der Waals surface area (Å²) in [6, 6.07) is 10.7. The number of carbonyl (C=O) groups excluding carboxylic acids is 2. The summed E-state index contributed by atoms with van der Waals surface area (Å²) < 4.78 is 6.16. The Labute approximate surface area is 157 Å². The van der Waals surface area contributed by atoms with Crippen LogP contribution in [0.25, 0.3) is 0 Å². The molecule has 0 aliphatic rings. The van der Waals surface area contributed by atoms with Gasteiger partial charge in [-0.3, -0.25) is 19.7 Å². The second-order valence-electron chi connectivity index (χ2n) is 5.27. The number of hydrogen-bond acceptors (Lipinski definition) is 5. The lowest BCUT2D eigenvalue weighted by atomic mass is 10.2. The van der Waals surface area contributed by atoms with Crippen molar-refractivity contribution in [3.05, 3.63) is 57.1 Å². The molecule has 26 heavy (non-hydrogen) atoms. The van der Waals surface area contributed by atoms with E-state index in [4.69, 9.17) is 4.74 Å². The largest absolute Gasteiger partial charge is 0.493 e. The van der Waals surface area contributed by atoms with Gasteiger partial charge in [0.15, 0.2) is 0 Å². The monoisotopic (exact) mass is 421 g/mol. The number of anilines is 2. The molecule has 0 heterocycles. The highest BCUT2D eigenvalue weighted by Crippen LogP contribution is 2.26. The molecule has 0 aromatic heterocycles. The van der Waals surface area contributed by atoms with Gasteiger partial charge < -0.3 is 15.4 Å². The van der Waals surface area contributed by atoms with Crippen LogP contribution in [0.3, 0.4) is 0 Å². The molecule has 2 rings (SSSR count). The van der Waals surface area contributed by atoms with E-state index in [-0.39, 0.29) is 30.5 Å². The predicted octanol–water partition coefficient (Wildman–Crippen LogP) is 3.72. The maximum Gasteiger partial charge on any atom is 0.269 e. The van der Waals surface area contributed by atoms with E-state index in [1.807, 2.05) is 0 Å². The van der Waals surface area contributed by atoms with Crippen LogP contribution in [-0.2, 0) is 9.59 Å². The number of hydrogen-bond donors (Lipinski definition) is 2. The summed E-state index contributed by atoms with van der Waals surface area (Å²) in [7, 11) is 0. The molecule has 0 spiro atoms. The summed E-state index contributed by atoms with van der Waals surface area (Å²) in [6.07, 6.45) is 0.0724. The molecule has 2 aromatic rings. The van der Waals surface area contributed by atoms with E-state index in [0.717, 1.165) is 4.47 Å². The lowest BCUT2D eigenvalue weighted by molar-refractivity contribution is -0.384. The molecule has 136 valence electrons. The van der Waals surface area contributed by atoms with Crippen LogP contribution in [0, 0.1) is 10.1 Å². The first kappa shape index (κ1) is 19.4. The van der Waals surface area contributed by atoms with Crippen molar-refractivity contribution < 1.29 is 19.2 Å². The van der Waals surface area contributed by atoms with Gasteiger partial charge in [-0.25, -0.2) is 0 Å². The van der Waals surface area contributed by atoms with Crippen molar-refractivity contribution in [1.29, 1.82) is 0 Å². The molecule has 0 bridgehead atoms. The number of ether oxygens (including phenoxy) is 1. The number of amides is 2. The third-order valence-electron chi connectivity index (χ3n) is 3.21. The molecule has 2 aromatic carbocycles. The van der Waals surface area contributed by atoms with Crippen molar-refractivity contribution in [1.82, 2.24) is 0 Å². The third kappa shape index (κ3) is 5.85. The smallest absolute Gasteiger partial charge is 0.269 e. The van der Waals surface area contributed by atoms with Gasteiger partial charge >= 0.3 is 0 Å². The van der Waals surface area contributed by atoms with Crippen molar-refractivity contribution >= 4 is 44.8 Å². The SMILES string of the molecule is CC(=O)Nc1ccc(Br)cc1NC(=O)CCOc1ccc([N+](=O)[O-])cc1. The van der Waals surface area contributed by atoms with Gasteiger partial charge in [-0.05, 0) is 30.3 Å². The van der Waals surface area contributed by atoms with Gasteiger partial charge in [-0.1, -0.05) is 15.9 Å². The van der Waals surface area contributed by atoms with Crippen LogP contribution in [0.4, 0.5) is 17.1 Å². The third-order valence-corrected chi connectivity index (χ3v) is 3.71. The highest BCUT2D eigenvalue weighted by Gasteiger charge is 2.10. The molecule has 2 amide bonds. The second-order valence-corrected chi connectivity index (χ2v) is 6.18. The van der Waals surface area contributed by atoms with Gasteiger partial charge in [-0.2, -0.15) is 0 Å². The molecule has 0 unspecified atom stereocenters. The molecule has 0 aliphatic carbocycles. The van der Waals surface area contributed by atoms with Crippen LogP contribution in [0.15, 0.2) is 46.9 Å². The van der Waals surface area contributed by atoms with Crippen LogP contribution in [0.1, 0.15) is 13.3 Å². The average Bonchev–Trinajstić information content (AvgIpc) is 2.57. The van der Waals surface area contributed by atoms with Crippen LogP contribution in [0.5, 0.6) is 5.75 Å². The predicted molar refractivity (Wildman–Crippen MR) is 100 cm³/mol. The molecule has 0 saturated heterocycles. The first-order valence-electron chi connectivity index (χ1n) is 7.59. The molecule has 0 aliphatic heterocycles. The minimum Gasteiger partial charge on any atom is -0.493 e. The minimum absolute atomic E-state index is 0.0322. The van der Waals surface area contributed by atoms with Gasteiger partial charge in [0, 0.05) is 23.5 Å². The van der Waals surface area contributed by atoms with Crippen molar-refractivity contribution in [2.45, 2.75) is 13.3 Å². The van der Waals surface area contributed by atoms with Gasteiger partial charge in [0.25, 0.3) is 5.69 Å². The number of nitrogens with zero attached hydrogens (tertiary/aromatic N) is 1. The first-order chi connectivity index (χ1) is 12.3. The fraction of sp³-hybridized carbons (Fsp3) is 0.176. The van der Waals surface area contributed by atoms with Crippen molar-refractivity contribution in [2.75, 3.05) is 17.2 Å². The van der Waals surface area contributed by atoms with Crippen LogP contribution in [-0.4, -0.2) is 23.3 Å². The molecule has 2 N–H and O–H groups in total. The molecular weight excluding hydrogens is 406 g/mol. The fourth-order valence-corrected chi connectivity index (χ4v) is 2.42. The molecule has 8 nitrogen and oxygen atoms in total. The number of non-ortho nitro benzene ring substituents is 1. The summed E-state index contributed by atoms with van der Waals surface area (Å²) in [5.74, 6) is -0.106. The standard InChI is InChI=1S/C17H16BrN3O5/c1-11(22)19-15-7-2-12(18)10-16(15)20-17(23)8-9-26-14-5-3-13(4-6-14)21(24)25/h2-7,10H,8-9H2,1H3,(H,19,22)(H,20,23). The highest BCUT2D eigenvalue weighted by molar-refractivity contribution is 9.10. The maximum absolute atomic E-state index is 12.1. The highest BCUT2D eigenvalue weighted by atomic mass is 79.9. The Hall–Kier alpha value is -2.94. The number of carbonyl (C=O) groups is 2. The quantitative estimate of drug-likeness (QED) is 0.522. The minimum atomic E-state index is -0.498. The van der Waals surface area contributed by atoms with Gasteiger partial charge in [0.05, 0.1) is 29.3 Å². The fourth-order valence-electron chi connectivity index (χ4n) is 2.06. The second kappa shape index (κ2) is 8.95. The summed E-state index contributed by atoms with van der Waals surface area (Å²) >= 11 is 3.32.